The van der Waals surface area contributed by atoms with Crippen LogP contribution in [0.25, 0.3) is 11.1 Å². The third-order valence-corrected chi connectivity index (χ3v) is 3.13. The summed E-state index contributed by atoms with van der Waals surface area (Å²) in [5.41, 5.74) is 1.85. The zero-order chi connectivity index (χ0) is 14.1. The van der Waals surface area contributed by atoms with Crippen LogP contribution in [-0.4, -0.2) is 10.9 Å². The van der Waals surface area contributed by atoms with Gasteiger partial charge in [0.2, 0.25) is 0 Å². The standard InChI is InChI=1S/C14H9ClN2O3/c15-10-4-2-1-3-9(10)13(18)16-8-5-6-11-12(7-8)20-14(19)17-11/h1-7H,(H,16,18)(H,17,19). The minimum atomic E-state index is -0.533. The van der Waals surface area contributed by atoms with Crippen LogP contribution in [0.15, 0.2) is 51.7 Å². The van der Waals surface area contributed by atoms with E-state index in [2.05, 4.69) is 10.3 Å². The Labute approximate surface area is 118 Å². The van der Waals surface area contributed by atoms with Crippen molar-refractivity contribution in [1.29, 1.82) is 0 Å². The van der Waals surface area contributed by atoms with Crippen LogP contribution in [0.2, 0.25) is 5.02 Å². The number of amides is 1. The van der Waals surface area contributed by atoms with Gasteiger partial charge in [0, 0.05) is 11.8 Å². The van der Waals surface area contributed by atoms with Gasteiger partial charge in [-0.15, -0.1) is 0 Å². The van der Waals surface area contributed by atoms with Gasteiger partial charge in [0.25, 0.3) is 5.91 Å². The Morgan fingerprint density at radius 1 is 1.20 bits per heavy atom. The summed E-state index contributed by atoms with van der Waals surface area (Å²) < 4.78 is 4.93. The van der Waals surface area contributed by atoms with Gasteiger partial charge in [0.05, 0.1) is 16.1 Å². The van der Waals surface area contributed by atoms with E-state index in [4.69, 9.17) is 16.0 Å². The van der Waals surface area contributed by atoms with E-state index in [-0.39, 0.29) is 5.91 Å². The number of rotatable bonds is 2. The van der Waals surface area contributed by atoms with E-state index in [1.165, 1.54) is 0 Å². The molecule has 0 fully saturated rings. The van der Waals surface area contributed by atoms with Crippen molar-refractivity contribution >= 4 is 34.3 Å². The highest BCUT2D eigenvalue weighted by atomic mass is 35.5. The van der Waals surface area contributed by atoms with E-state index in [0.29, 0.717) is 27.4 Å². The lowest BCUT2D eigenvalue weighted by atomic mass is 10.2. The first-order chi connectivity index (χ1) is 9.63. The lowest BCUT2D eigenvalue weighted by molar-refractivity contribution is 0.102. The van der Waals surface area contributed by atoms with Crippen LogP contribution in [0.4, 0.5) is 5.69 Å². The fraction of sp³-hybridized carbons (Fsp3) is 0. The molecular weight excluding hydrogens is 280 g/mol. The highest BCUT2D eigenvalue weighted by molar-refractivity contribution is 6.34. The van der Waals surface area contributed by atoms with Gasteiger partial charge >= 0.3 is 5.76 Å². The SMILES string of the molecule is O=C(Nc1ccc2[nH]c(=O)oc2c1)c1ccccc1Cl. The van der Waals surface area contributed by atoms with Gasteiger partial charge < -0.3 is 9.73 Å². The Morgan fingerprint density at radius 3 is 2.80 bits per heavy atom. The Balaban J connectivity index is 1.91. The minimum Gasteiger partial charge on any atom is -0.408 e. The monoisotopic (exact) mass is 288 g/mol. The Morgan fingerprint density at radius 2 is 2.00 bits per heavy atom. The summed E-state index contributed by atoms with van der Waals surface area (Å²) in [6.45, 7) is 0. The number of oxazole rings is 1. The van der Waals surface area contributed by atoms with Gasteiger partial charge in [-0.25, -0.2) is 4.79 Å². The average Bonchev–Trinajstić information content (AvgIpc) is 2.78. The number of fused-ring (bicyclic) bond motifs is 1. The van der Waals surface area contributed by atoms with Crippen LogP contribution < -0.4 is 11.1 Å². The van der Waals surface area contributed by atoms with Crippen molar-refractivity contribution < 1.29 is 9.21 Å². The summed E-state index contributed by atoms with van der Waals surface area (Å²) >= 11 is 5.96. The van der Waals surface area contributed by atoms with E-state index in [9.17, 15) is 9.59 Å². The molecule has 20 heavy (non-hydrogen) atoms. The van der Waals surface area contributed by atoms with Crippen molar-refractivity contribution in [2.75, 3.05) is 5.32 Å². The first-order valence-corrected chi connectivity index (χ1v) is 6.20. The second-order valence-electron chi connectivity index (χ2n) is 4.16. The molecule has 0 saturated heterocycles. The summed E-state index contributed by atoms with van der Waals surface area (Å²) in [6, 6.07) is 11.7. The van der Waals surface area contributed by atoms with Gasteiger partial charge in [0.15, 0.2) is 5.58 Å². The third kappa shape index (κ3) is 2.31. The number of halogens is 1. The van der Waals surface area contributed by atoms with Gasteiger partial charge in [-0.3, -0.25) is 9.78 Å². The molecule has 5 nitrogen and oxygen atoms in total. The molecule has 0 aliphatic carbocycles. The number of hydrogen-bond acceptors (Lipinski definition) is 3. The van der Waals surface area contributed by atoms with Crippen molar-refractivity contribution in [2.45, 2.75) is 0 Å². The second kappa shape index (κ2) is 4.86. The average molecular weight is 289 g/mol. The molecule has 0 unspecified atom stereocenters. The number of nitrogens with one attached hydrogen (secondary N) is 2. The van der Waals surface area contributed by atoms with Crippen molar-refractivity contribution in [3.05, 3.63) is 63.6 Å². The lowest BCUT2D eigenvalue weighted by Crippen LogP contribution is -2.12. The number of aromatic nitrogens is 1. The normalized spacial score (nSPS) is 10.7. The first kappa shape index (κ1) is 12.5. The van der Waals surface area contributed by atoms with E-state index in [0.717, 1.165) is 0 Å². The molecule has 100 valence electrons. The third-order valence-electron chi connectivity index (χ3n) is 2.80. The molecule has 0 spiro atoms. The maximum absolute atomic E-state index is 12.1. The first-order valence-electron chi connectivity index (χ1n) is 5.82. The van der Waals surface area contributed by atoms with Gasteiger partial charge in [-0.05, 0) is 24.3 Å². The van der Waals surface area contributed by atoms with Crippen molar-refractivity contribution in [1.82, 2.24) is 4.98 Å². The summed E-state index contributed by atoms with van der Waals surface area (Å²) in [5, 5.41) is 3.08. The molecule has 0 aliphatic heterocycles. The molecule has 2 aromatic carbocycles. The Bertz CT molecular complexity index is 851. The molecule has 0 radical (unpaired) electrons. The van der Waals surface area contributed by atoms with Crippen molar-refractivity contribution in [3.8, 4) is 0 Å². The van der Waals surface area contributed by atoms with Crippen LogP contribution >= 0.6 is 11.6 Å². The number of benzene rings is 2. The van der Waals surface area contributed by atoms with Gasteiger partial charge in [-0.1, -0.05) is 23.7 Å². The molecule has 1 amide bonds. The predicted octanol–water partition coefficient (Wildman–Crippen LogP) is 3.03. The van der Waals surface area contributed by atoms with Crippen LogP contribution in [-0.2, 0) is 0 Å². The van der Waals surface area contributed by atoms with Crippen molar-refractivity contribution in [3.63, 3.8) is 0 Å². The molecule has 6 heteroatoms. The molecule has 3 rings (SSSR count). The van der Waals surface area contributed by atoms with Crippen LogP contribution in [0.1, 0.15) is 10.4 Å². The molecular formula is C14H9ClN2O3. The van der Waals surface area contributed by atoms with Crippen molar-refractivity contribution in [2.24, 2.45) is 0 Å². The van der Waals surface area contributed by atoms with E-state index >= 15 is 0 Å². The molecule has 2 N–H and O–H groups in total. The van der Waals surface area contributed by atoms with Gasteiger partial charge in [-0.2, -0.15) is 0 Å². The van der Waals surface area contributed by atoms with Crippen LogP contribution in [0.3, 0.4) is 0 Å². The summed E-state index contributed by atoms with van der Waals surface area (Å²) in [6.07, 6.45) is 0. The minimum absolute atomic E-state index is 0.326. The fourth-order valence-electron chi connectivity index (χ4n) is 1.87. The number of aromatic amines is 1. The molecule has 1 heterocycles. The fourth-order valence-corrected chi connectivity index (χ4v) is 2.09. The largest absolute Gasteiger partial charge is 0.417 e. The Kier molecular flexibility index (Phi) is 3.04. The maximum Gasteiger partial charge on any atom is 0.417 e. The van der Waals surface area contributed by atoms with E-state index in [1.807, 2.05) is 0 Å². The lowest BCUT2D eigenvalue weighted by Gasteiger charge is -2.06. The highest BCUT2D eigenvalue weighted by Crippen LogP contribution is 2.19. The molecule has 0 atom stereocenters. The number of carbonyl (C=O) groups excluding carboxylic acids is 1. The van der Waals surface area contributed by atoms with E-state index < -0.39 is 5.76 Å². The second-order valence-corrected chi connectivity index (χ2v) is 4.57. The predicted molar refractivity (Wildman–Crippen MR) is 76.2 cm³/mol. The zero-order valence-electron chi connectivity index (χ0n) is 10.1. The smallest absolute Gasteiger partial charge is 0.408 e. The highest BCUT2D eigenvalue weighted by Gasteiger charge is 2.10. The summed E-state index contributed by atoms with van der Waals surface area (Å²) in [5.74, 6) is -0.859. The number of carbonyl (C=O) groups is 1. The molecule has 0 bridgehead atoms. The molecule has 3 aromatic rings. The number of H-pyrrole nitrogens is 1. The zero-order valence-corrected chi connectivity index (χ0v) is 10.9. The Hall–Kier alpha value is -2.53. The maximum atomic E-state index is 12.1. The van der Waals surface area contributed by atoms with Crippen LogP contribution in [0.5, 0.6) is 0 Å². The summed E-state index contributed by atoms with van der Waals surface area (Å²) in [7, 11) is 0. The number of hydrogen-bond donors (Lipinski definition) is 2. The quantitative estimate of drug-likeness (QED) is 0.761. The van der Waals surface area contributed by atoms with Crippen LogP contribution in [0, 0.1) is 0 Å². The van der Waals surface area contributed by atoms with Gasteiger partial charge in [0.1, 0.15) is 0 Å². The molecule has 0 saturated carbocycles. The number of anilines is 1. The summed E-state index contributed by atoms with van der Waals surface area (Å²) in [4.78, 5) is 25.7. The topological polar surface area (TPSA) is 75.1 Å². The molecule has 0 aliphatic rings. The van der Waals surface area contributed by atoms with E-state index in [1.54, 1.807) is 42.5 Å². The molecule has 1 aromatic heterocycles.